The van der Waals surface area contributed by atoms with Gasteiger partial charge in [-0.1, -0.05) is 6.07 Å². The Bertz CT molecular complexity index is 421. The van der Waals surface area contributed by atoms with E-state index in [4.69, 9.17) is 10.8 Å². The van der Waals surface area contributed by atoms with E-state index in [2.05, 4.69) is 24.1 Å². The topological polar surface area (TPSA) is 78.6 Å². The van der Waals surface area contributed by atoms with Crippen molar-refractivity contribution in [3.05, 3.63) is 24.3 Å². The summed E-state index contributed by atoms with van der Waals surface area (Å²) in [6, 6.07) is 7.53. The monoisotopic (exact) mass is 279 g/mol. The van der Waals surface area contributed by atoms with Crippen LogP contribution in [0.15, 0.2) is 24.3 Å². The molecule has 0 atom stereocenters. The number of nitrogens with zero attached hydrogens (tertiary/aromatic N) is 1. The summed E-state index contributed by atoms with van der Waals surface area (Å²) < 4.78 is 0. The largest absolute Gasteiger partial charge is 0.399 e. The van der Waals surface area contributed by atoms with Crippen LogP contribution in [-0.2, 0) is 4.79 Å². The second-order valence-corrected chi connectivity index (χ2v) is 5.13. The highest BCUT2D eigenvalue weighted by Gasteiger charge is 2.09. The second kappa shape index (κ2) is 8.55. The predicted octanol–water partition coefficient (Wildman–Crippen LogP) is 1.69. The Morgan fingerprint density at radius 3 is 2.75 bits per heavy atom. The molecule has 0 bridgehead atoms. The van der Waals surface area contributed by atoms with Gasteiger partial charge >= 0.3 is 0 Å². The maximum absolute atomic E-state index is 11.8. The van der Waals surface area contributed by atoms with E-state index in [0.717, 1.165) is 18.7 Å². The van der Waals surface area contributed by atoms with E-state index in [1.807, 2.05) is 12.1 Å². The number of anilines is 2. The molecule has 1 amide bonds. The minimum atomic E-state index is -0.0108. The standard InChI is InChI=1S/C15H25N3O2/c1-12(2)18(9-10-19)8-4-7-15(20)17-14-6-3-5-13(16)11-14/h3,5-6,11-12,19H,4,7-10,16H2,1-2H3,(H,17,20). The van der Waals surface area contributed by atoms with Gasteiger partial charge in [0.15, 0.2) is 0 Å². The summed E-state index contributed by atoms with van der Waals surface area (Å²) in [4.78, 5) is 14.0. The van der Waals surface area contributed by atoms with Gasteiger partial charge in [-0.2, -0.15) is 0 Å². The van der Waals surface area contributed by atoms with E-state index >= 15 is 0 Å². The number of amides is 1. The zero-order chi connectivity index (χ0) is 15.0. The number of hydrogen-bond donors (Lipinski definition) is 3. The number of carbonyl (C=O) groups is 1. The molecule has 1 aromatic rings. The van der Waals surface area contributed by atoms with Gasteiger partial charge in [-0.05, 0) is 45.0 Å². The number of nitrogens with one attached hydrogen (secondary N) is 1. The molecule has 0 spiro atoms. The molecular formula is C15H25N3O2. The van der Waals surface area contributed by atoms with Gasteiger partial charge in [-0.25, -0.2) is 0 Å². The van der Waals surface area contributed by atoms with Gasteiger partial charge in [0.2, 0.25) is 5.91 Å². The van der Waals surface area contributed by atoms with Crippen molar-refractivity contribution >= 4 is 17.3 Å². The number of benzene rings is 1. The van der Waals surface area contributed by atoms with Crippen LogP contribution in [-0.4, -0.2) is 41.7 Å². The van der Waals surface area contributed by atoms with Crippen molar-refractivity contribution in [1.29, 1.82) is 0 Å². The summed E-state index contributed by atoms with van der Waals surface area (Å²) in [6.07, 6.45) is 1.23. The molecule has 0 unspecified atom stereocenters. The van der Waals surface area contributed by atoms with E-state index in [1.54, 1.807) is 12.1 Å². The maximum atomic E-state index is 11.8. The lowest BCUT2D eigenvalue weighted by Gasteiger charge is -2.25. The first-order valence-electron chi connectivity index (χ1n) is 7.03. The fourth-order valence-electron chi connectivity index (χ4n) is 2.04. The molecule has 112 valence electrons. The molecule has 0 aromatic heterocycles. The zero-order valence-corrected chi connectivity index (χ0v) is 12.3. The van der Waals surface area contributed by atoms with Gasteiger partial charge in [0, 0.05) is 30.4 Å². The maximum Gasteiger partial charge on any atom is 0.224 e. The SMILES string of the molecule is CC(C)N(CCO)CCCC(=O)Nc1cccc(N)c1. The predicted molar refractivity (Wildman–Crippen MR) is 82.5 cm³/mol. The van der Waals surface area contributed by atoms with E-state index < -0.39 is 0 Å². The Labute approximate surface area is 120 Å². The molecule has 4 N–H and O–H groups in total. The smallest absolute Gasteiger partial charge is 0.224 e. The van der Waals surface area contributed by atoms with Crippen molar-refractivity contribution in [1.82, 2.24) is 4.90 Å². The Morgan fingerprint density at radius 1 is 1.40 bits per heavy atom. The van der Waals surface area contributed by atoms with Gasteiger partial charge < -0.3 is 16.2 Å². The van der Waals surface area contributed by atoms with Gasteiger partial charge in [0.1, 0.15) is 0 Å². The van der Waals surface area contributed by atoms with Crippen LogP contribution in [0.25, 0.3) is 0 Å². The zero-order valence-electron chi connectivity index (χ0n) is 12.3. The van der Waals surface area contributed by atoms with Crippen LogP contribution in [0, 0.1) is 0 Å². The quantitative estimate of drug-likeness (QED) is 0.633. The van der Waals surface area contributed by atoms with Crippen molar-refractivity contribution in [2.75, 3.05) is 30.7 Å². The number of hydrogen-bond acceptors (Lipinski definition) is 4. The fourth-order valence-corrected chi connectivity index (χ4v) is 2.04. The third kappa shape index (κ3) is 6.04. The molecule has 0 heterocycles. The molecule has 1 aromatic carbocycles. The van der Waals surface area contributed by atoms with E-state index in [1.165, 1.54) is 0 Å². The Hall–Kier alpha value is -1.59. The number of rotatable bonds is 8. The molecule has 0 aliphatic carbocycles. The van der Waals surface area contributed by atoms with Crippen LogP contribution in [0.3, 0.4) is 0 Å². The highest BCUT2D eigenvalue weighted by atomic mass is 16.3. The normalized spacial score (nSPS) is 11.1. The summed E-state index contributed by atoms with van der Waals surface area (Å²) >= 11 is 0. The van der Waals surface area contributed by atoms with Gasteiger partial charge in [0.05, 0.1) is 6.61 Å². The molecule has 0 saturated heterocycles. The van der Waals surface area contributed by atoms with E-state index in [9.17, 15) is 4.79 Å². The highest BCUT2D eigenvalue weighted by molar-refractivity contribution is 5.91. The summed E-state index contributed by atoms with van der Waals surface area (Å²) in [5.41, 5.74) is 7.02. The van der Waals surface area contributed by atoms with E-state index in [0.29, 0.717) is 24.7 Å². The average Bonchev–Trinajstić information content (AvgIpc) is 2.37. The highest BCUT2D eigenvalue weighted by Crippen LogP contribution is 2.12. The van der Waals surface area contributed by atoms with Crippen LogP contribution in [0.5, 0.6) is 0 Å². The number of aliphatic hydroxyl groups excluding tert-OH is 1. The lowest BCUT2D eigenvalue weighted by Crippen LogP contribution is -2.34. The molecule has 0 aliphatic rings. The average molecular weight is 279 g/mol. The van der Waals surface area contributed by atoms with Crippen LogP contribution in [0.1, 0.15) is 26.7 Å². The lowest BCUT2D eigenvalue weighted by molar-refractivity contribution is -0.116. The van der Waals surface area contributed by atoms with Crippen LogP contribution in [0.4, 0.5) is 11.4 Å². The summed E-state index contributed by atoms with van der Waals surface area (Å²) in [6.45, 7) is 5.77. The minimum absolute atomic E-state index is 0.0108. The van der Waals surface area contributed by atoms with E-state index in [-0.39, 0.29) is 12.5 Å². The Morgan fingerprint density at radius 2 is 2.15 bits per heavy atom. The van der Waals surface area contributed by atoms with Gasteiger partial charge in [-0.15, -0.1) is 0 Å². The number of aliphatic hydroxyl groups is 1. The summed E-state index contributed by atoms with van der Waals surface area (Å²) in [5, 5.41) is 11.8. The summed E-state index contributed by atoms with van der Waals surface area (Å²) in [7, 11) is 0. The molecular weight excluding hydrogens is 254 g/mol. The minimum Gasteiger partial charge on any atom is -0.399 e. The molecule has 1 rings (SSSR count). The molecule has 0 aliphatic heterocycles. The van der Waals surface area contributed by atoms with Gasteiger partial charge in [-0.3, -0.25) is 9.69 Å². The van der Waals surface area contributed by atoms with Gasteiger partial charge in [0.25, 0.3) is 0 Å². The van der Waals surface area contributed by atoms with Crippen molar-refractivity contribution in [2.45, 2.75) is 32.7 Å². The number of nitrogens with two attached hydrogens (primary N) is 1. The summed E-state index contributed by atoms with van der Waals surface area (Å²) in [5.74, 6) is -0.0108. The molecule has 0 radical (unpaired) electrons. The van der Waals surface area contributed by atoms with Crippen LogP contribution in [0.2, 0.25) is 0 Å². The van der Waals surface area contributed by atoms with Crippen molar-refractivity contribution in [3.8, 4) is 0 Å². The van der Waals surface area contributed by atoms with Crippen LogP contribution >= 0.6 is 0 Å². The first kappa shape index (κ1) is 16.5. The second-order valence-electron chi connectivity index (χ2n) is 5.13. The molecule has 5 nitrogen and oxygen atoms in total. The lowest BCUT2D eigenvalue weighted by atomic mass is 10.2. The number of carbonyl (C=O) groups excluding carboxylic acids is 1. The third-order valence-corrected chi connectivity index (χ3v) is 3.14. The molecule has 20 heavy (non-hydrogen) atoms. The first-order valence-corrected chi connectivity index (χ1v) is 7.03. The van der Waals surface area contributed by atoms with Crippen molar-refractivity contribution in [2.24, 2.45) is 0 Å². The fraction of sp³-hybridized carbons (Fsp3) is 0.533. The Balaban J connectivity index is 2.32. The molecule has 5 heteroatoms. The first-order chi connectivity index (χ1) is 9.52. The third-order valence-electron chi connectivity index (χ3n) is 3.14. The molecule has 0 fully saturated rings. The number of nitrogen functional groups attached to an aromatic ring is 1. The Kier molecular flexibility index (Phi) is 7.04. The molecule has 0 saturated carbocycles. The van der Waals surface area contributed by atoms with Crippen LogP contribution < -0.4 is 11.1 Å². The van der Waals surface area contributed by atoms with Crippen molar-refractivity contribution < 1.29 is 9.90 Å². The van der Waals surface area contributed by atoms with Crippen molar-refractivity contribution in [3.63, 3.8) is 0 Å².